The number of fused-ring (bicyclic) bond motifs is 1. The van der Waals surface area contributed by atoms with Crippen LogP contribution in [0.3, 0.4) is 0 Å². The van der Waals surface area contributed by atoms with Crippen molar-refractivity contribution in [2.45, 2.75) is 118 Å². The van der Waals surface area contributed by atoms with Crippen LogP contribution in [0.1, 0.15) is 106 Å². The van der Waals surface area contributed by atoms with Gasteiger partial charge in [0.15, 0.2) is 0 Å². The number of allylic oxidation sites excluding steroid dienone is 3. The maximum absolute atomic E-state index is 10.2. The Kier molecular flexibility index (Phi) is 7.58. The Hall–Kier alpha value is -0.860. The fraction of sp³-hybridized carbons (Fsp3) is 0.800. The highest BCUT2D eigenvalue weighted by molar-refractivity contribution is 5.29. The lowest BCUT2D eigenvalue weighted by atomic mass is 9.57. The highest BCUT2D eigenvalue weighted by Gasteiger charge is 2.52. The van der Waals surface area contributed by atoms with E-state index in [2.05, 4.69) is 67.2 Å². The van der Waals surface area contributed by atoms with Gasteiger partial charge < -0.3 is 10.2 Å². The summed E-state index contributed by atoms with van der Waals surface area (Å²) in [5.41, 5.74) is 4.52. The summed E-state index contributed by atoms with van der Waals surface area (Å²) in [6.07, 6.45) is 13.7. The first kappa shape index (κ1) is 25.8. The molecule has 0 bridgehead atoms. The predicted octanol–water partition coefficient (Wildman–Crippen LogP) is 7.62. The molecule has 3 fully saturated rings. The molecule has 2 nitrogen and oxygen atoms in total. The van der Waals surface area contributed by atoms with Gasteiger partial charge in [-0.25, -0.2) is 0 Å². The van der Waals surface area contributed by atoms with Crippen LogP contribution in [0.15, 0.2) is 35.5 Å². The van der Waals surface area contributed by atoms with E-state index in [1.54, 1.807) is 5.57 Å². The lowest BCUT2D eigenvalue weighted by molar-refractivity contribution is 0.0326. The van der Waals surface area contributed by atoms with Crippen LogP contribution in [-0.4, -0.2) is 22.4 Å². The molecule has 0 aliphatic heterocycles. The number of hydrogen-bond acceptors (Lipinski definition) is 2. The van der Waals surface area contributed by atoms with Gasteiger partial charge in [-0.3, -0.25) is 0 Å². The van der Waals surface area contributed by atoms with Crippen LogP contribution in [0.5, 0.6) is 0 Å². The van der Waals surface area contributed by atoms with Crippen LogP contribution >= 0.6 is 0 Å². The number of hydrogen-bond donors (Lipinski definition) is 2. The van der Waals surface area contributed by atoms with E-state index < -0.39 is 12.2 Å². The van der Waals surface area contributed by atoms with Gasteiger partial charge >= 0.3 is 0 Å². The van der Waals surface area contributed by atoms with E-state index in [1.807, 2.05) is 0 Å². The summed E-state index contributed by atoms with van der Waals surface area (Å²) in [6.45, 7) is 21.1. The fourth-order valence-corrected chi connectivity index (χ4v) is 7.00. The van der Waals surface area contributed by atoms with Crippen molar-refractivity contribution in [1.82, 2.24) is 0 Å². The van der Waals surface area contributed by atoms with Crippen LogP contribution in [0.2, 0.25) is 0 Å². The van der Waals surface area contributed by atoms with Gasteiger partial charge in [0.05, 0.1) is 12.2 Å². The quantitative estimate of drug-likeness (QED) is 0.430. The Morgan fingerprint density at radius 1 is 1.03 bits per heavy atom. The molecule has 32 heavy (non-hydrogen) atoms. The summed E-state index contributed by atoms with van der Waals surface area (Å²) >= 11 is 0. The summed E-state index contributed by atoms with van der Waals surface area (Å²) in [5, 5.41) is 20.4. The lowest BCUT2D eigenvalue weighted by Crippen LogP contribution is -2.40. The zero-order chi connectivity index (χ0) is 23.9. The molecule has 3 saturated carbocycles. The monoisotopic (exact) mass is 442 g/mol. The van der Waals surface area contributed by atoms with E-state index in [1.165, 1.54) is 44.9 Å². The van der Waals surface area contributed by atoms with Crippen LogP contribution in [0, 0.1) is 34.0 Å². The minimum absolute atomic E-state index is 0.371. The molecule has 0 aromatic carbocycles. The fourth-order valence-electron chi connectivity index (χ4n) is 7.00. The van der Waals surface area contributed by atoms with Gasteiger partial charge in [-0.05, 0) is 97.4 Å². The van der Waals surface area contributed by atoms with Crippen molar-refractivity contribution in [3.05, 3.63) is 35.5 Å². The second-order valence-corrected chi connectivity index (χ2v) is 13.5. The predicted molar refractivity (Wildman–Crippen MR) is 136 cm³/mol. The molecule has 2 N–H and O–H groups in total. The van der Waals surface area contributed by atoms with Crippen LogP contribution < -0.4 is 0 Å². The summed E-state index contributed by atoms with van der Waals surface area (Å²) in [7, 11) is 0. The van der Waals surface area contributed by atoms with Crippen molar-refractivity contribution < 1.29 is 10.2 Å². The molecule has 3 rings (SSSR count). The van der Waals surface area contributed by atoms with E-state index in [-0.39, 0.29) is 0 Å². The van der Waals surface area contributed by atoms with Gasteiger partial charge in [0.1, 0.15) is 0 Å². The molecule has 6 unspecified atom stereocenters. The van der Waals surface area contributed by atoms with Crippen LogP contribution in [0.4, 0.5) is 0 Å². The molecule has 2 heteroatoms. The van der Waals surface area contributed by atoms with E-state index in [4.69, 9.17) is 0 Å². The first-order valence-electron chi connectivity index (χ1n) is 13.2. The molecule has 6 atom stereocenters. The lowest BCUT2D eigenvalue weighted by Gasteiger charge is -2.48. The van der Waals surface area contributed by atoms with E-state index >= 15 is 0 Å². The van der Waals surface area contributed by atoms with Gasteiger partial charge in [0.25, 0.3) is 0 Å². The Balaban J connectivity index is 1.75. The molecular formula is C30H50O2. The zero-order valence-corrected chi connectivity index (χ0v) is 22.0. The maximum atomic E-state index is 10.2. The Bertz CT molecular complexity index is 733. The van der Waals surface area contributed by atoms with E-state index in [0.717, 1.165) is 17.4 Å². The van der Waals surface area contributed by atoms with Gasteiger partial charge in [-0.15, -0.1) is 0 Å². The van der Waals surface area contributed by atoms with Gasteiger partial charge in [0.2, 0.25) is 0 Å². The normalized spacial score (nSPS) is 36.3. The number of aliphatic hydroxyl groups is 2. The highest BCUT2D eigenvalue weighted by Crippen LogP contribution is 2.61. The van der Waals surface area contributed by atoms with Crippen molar-refractivity contribution >= 4 is 0 Å². The first-order chi connectivity index (χ1) is 14.7. The highest BCUT2D eigenvalue weighted by atomic mass is 16.3. The third-order valence-corrected chi connectivity index (χ3v) is 9.69. The van der Waals surface area contributed by atoms with Crippen LogP contribution in [-0.2, 0) is 0 Å². The molecule has 0 amide bonds. The Morgan fingerprint density at radius 3 is 2.25 bits per heavy atom. The molecule has 0 aromatic heterocycles. The Labute approximate surface area is 198 Å². The molecular weight excluding hydrogens is 392 g/mol. The van der Waals surface area contributed by atoms with Crippen molar-refractivity contribution in [3.63, 3.8) is 0 Å². The SMILES string of the molecule is C=C1C(O)CC(=CC=C2CCCC3(C)C2CCC3C(C)C(C)(C)CCC(C)(C)C)CC1O. The van der Waals surface area contributed by atoms with Crippen molar-refractivity contribution in [2.24, 2.45) is 34.0 Å². The van der Waals surface area contributed by atoms with Crippen LogP contribution in [0.25, 0.3) is 0 Å². The Morgan fingerprint density at radius 2 is 1.66 bits per heavy atom. The first-order valence-corrected chi connectivity index (χ1v) is 13.2. The summed E-state index contributed by atoms with van der Waals surface area (Å²) in [4.78, 5) is 0. The summed E-state index contributed by atoms with van der Waals surface area (Å²) < 4.78 is 0. The van der Waals surface area contributed by atoms with Crippen molar-refractivity contribution in [1.29, 1.82) is 0 Å². The largest absolute Gasteiger partial charge is 0.388 e. The molecule has 182 valence electrons. The zero-order valence-electron chi connectivity index (χ0n) is 22.0. The van der Waals surface area contributed by atoms with Crippen molar-refractivity contribution in [3.8, 4) is 0 Å². The average molecular weight is 443 g/mol. The van der Waals surface area contributed by atoms with Gasteiger partial charge in [-0.1, -0.05) is 78.3 Å². The third kappa shape index (κ3) is 5.44. The van der Waals surface area contributed by atoms with Gasteiger partial charge in [0, 0.05) is 0 Å². The standard InChI is InChI=1S/C30H50O2/c1-20-26(31)18-22(19-27(20)32)11-12-23-10-9-15-30(8)24(13-14-25(23)30)21(2)29(6,7)17-16-28(3,4)5/h11-12,21,24-27,31-32H,1,9-10,13-19H2,2-8H3. The molecule has 0 aromatic rings. The minimum Gasteiger partial charge on any atom is -0.388 e. The molecule has 3 aliphatic carbocycles. The molecule has 3 aliphatic rings. The topological polar surface area (TPSA) is 40.5 Å². The van der Waals surface area contributed by atoms with E-state index in [9.17, 15) is 10.2 Å². The number of aliphatic hydroxyl groups excluding tert-OH is 2. The molecule has 0 spiro atoms. The molecule has 0 heterocycles. The average Bonchev–Trinajstić information content (AvgIpc) is 3.05. The summed E-state index contributed by atoms with van der Waals surface area (Å²) in [6, 6.07) is 0. The number of rotatable bonds is 5. The second-order valence-electron chi connectivity index (χ2n) is 13.5. The minimum atomic E-state index is -0.605. The summed E-state index contributed by atoms with van der Waals surface area (Å²) in [5.74, 6) is 2.21. The third-order valence-electron chi connectivity index (χ3n) is 9.69. The van der Waals surface area contributed by atoms with Crippen molar-refractivity contribution in [2.75, 3.05) is 0 Å². The van der Waals surface area contributed by atoms with Gasteiger partial charge in [-0.2, -0.15) is 0 Å². The molecule has 0 radical (unpaired) electrons. The maximum Gasteiger partial charge on any atom is 0.0809 e. The second kappa shape index (κ2) is 9.41. The smallest absolute Gasteiger partial charge is 0.0809 e. The van der Waals surface area contributed by atoms with E-state index in [0.29, 0.717) is 40.6 Å². The molecule has 0 saturated heterocycles.